The lowest BCUT2D eigenvalue weighted by molar-refractivity contribution is -0.142. The first-order valence-corrected chi connectivity index (χ1v) is 7.55. The summed E-state index contributed by atoms with van der Waals surface area (Å²) < 4.78 is 30.4. The van der Waals surface area contributed by atoms with Crippen LogP contribution in [0.2, 0.25) is 0 Å². The highest BCUT2D eigenvalue weighted by molar-refractivity contribution is 7.89. The summed E-state index contributed by atoms with van der Waals surface area (Å²) in [6.45, 7) is 2.07. The molecule has 106 valence electrons. The number of carbonyl (C=O) groups excluding carboxylic acids is 1. The second kappa shape index (κ2) is 7.10. The molecule has 0 unspecified atom stereocenters. The van der Waals surface area contributed by atoms with Gasteiger partial charge >= 0.3 is 5.97 Å². The van der Waals surface area contributed by atoms with Crippen molar-refractivity contribution < 1.29 is 17.9 Å². The maximum absolute atomic E-state index is 11.6. The maximum Gasteiger partial charge on any atom is 0.306 e. The van der Waals surface area contributed by atoms with Crippen LogP contribution in [0.15, 0.2) is 24.3 Å². The maximum atomic E-state index is 11.6. The number of nitrogens with one attached hydrogen (secondary N) is 1. The van der Waals surface area contributed by atoms with Crippen LogP contribution in [0.3, 0.4) is 0 Å². The monoisotopic (exact) mass is 286 g/mol. The van der Waals surface area contributed by atoms with Crippen molar-refractivity contribution in [3.8, 4) is 0 Å². The minimum absolute atomic E-state index is 0.149. The third kappa shape index (κ3) is 6.21. The van der Waals surface area contributed by atoms with E-state index in [1.807, 2.05) is 0 Å². The summed E-state index contributed by atoms with van der Waals surface area (Å²) in [5.41, 5.74) is 6.93. The van der Waals surface area contributed by atoms with Crippen LogP contribution in [-0.2, 0) is 26.1 Å². The zero-order valence-corrected chi connectivity index (χ0v) is 11.6. The summed E-state index contributed by atoms with van der Waals surface area (Å²) in [5, 5.41) is 0. The average Bonchev–Trinajstić information content (AvgIpc) is 2.35. The molecule has 0 aliphatic rings. The molecule has 0 heterocycles. The van der Waals surface area contributed by atoms with Crippen molar-refractivity contribution in [2.24, 2.45) is 0 Å². The van der Waals surface area contributed by atoms with Crippen molar-refractivity contribution in [3.63, 3.8) is 0 Å². The van der Waals surface area contributed by atoms with Gasteiger partial charge in [0.2, 0.25) is 10.0 Å². The molecule has 0 saturated heterocycles. The van der Waals surface area contributed by atoms with Gasteiger partial charge in [0.25, 0.3) is 0 Å². The molecule has 0 amide bonds. The Bertz CT molecular complexity index is 528. The summed E-state index contributed by atoms with van der Waals surface area (Å²) in [4.78, 5) is 11.1. The van der Waals surface area contributed by atoms with E-state index in [1.54, 1.807) is 31.2 Å². The third-order valence-electron chi connectivity index (χ3n) is 2.33. The normalized spacial score (nSPS) is 11.2. The van der Waals surface area contributed by atoms with Crippen LogP contribution in [0.5, 0.6) is 0 Å². The van der Waals surface area contributed by atoms with Gasteiger partial charge in [-0.15, -0.1) is 0 Å². The minimum Gasteiger partial charge on any atom is -0.466 e. The van der Waals surface area contributed by atoms with E-state index in [0.29, 0.717) is 5.69 Å². The Kier molecular flexibility index (Phi) is 5.78. The Labute approximate surface area is 113 Å². The van der Waals surface area contributed by atoms with Crippen molar-refractivity contribution >= 4 is 21.7 Å². The molecule has 0 radical (unpaired) electrons. The predicted molar refractivity (Wildman–Crippen MR) is 72.7 cm³/mol. The zero-order valence-electron chi connectivity index (χ0n) is 10.8. The van der Waals surface area contributed by atoms with Crippen LogP contribution in [-0.4, -0.2) is 26.7 Å². The Hall–Kier alpha value is -1.60. The molecule has 0 fully saturated rings. The van der Waals surface area contributed by atoms with Crippen molar-refractivity contribution in [1.29, 1.82) is 0 Å². The summed E-state index contributed by atoms with van der Waals surface area (Å²) in [6.07, 6.45) is -0.153. The third-order valence-corrected chi connectivity index (χ3v) is 3.65. The Morgan fingerprint density at radius 3 is 2.79 bits per heavy atom. The van der Waals surface area contributed by atoms with E-state index in [-0.39, 0.29) is 25.3 Å². The molecule has 0 aliphatic heterocycles. The van der Waals surface area contributed by atoms with Gasteiger partial charge in [0.1, 0.15) is 0 Å². The summed E-state index contributed by atoms with van der Waals surface area (Å²) >= 11 is 0. The molecule has 19 heavy (non-hydrogen) atoms. The SMILES string of the molecule is CCOC(=O)CCS(=O)(=O)NCc1cccc(N)c1. The molecule has 0 aliphatic carbocycles. The number of nitrogens with two attached hydrogens (primary N) is 1. The van der Waals surface area contributed by atoms with E-state index in [1.165, 1.54) is 0 Å². The van der Waals surface area contributed by atoms with Gasteiger partial charge in [-0.1, -0.05) is 12.1 Å². The molecular formula is C12H18N2O4S. The second-order valence-electron chi connectivity index (χ2n) is 3.94. The number of anilines is 1. The van der Waals surface area contributed by atoms with Crippen LogP contribution in [0.1, 0.15) is 18.9 Å². The van der Waals surface area contributed by atoms with Crippen LogP contribution >= 0.6 is 0 Å². The Morgan fingerprint density at radius 2 is 2.16 bits per heavy atom. The first-order chi connectivity index (χ1) is 8.93. The van der Waals surface area contributed by atoms with Gasteiger partial charge < -0.3 is 10.5 Å². The number of rotatable bonds is 7. The smallest absolute Gasteiger partial charge is 0.306 e. The first-order valence-electron chi connectivity index (χ1n) is 5.90. The molecule has 7 heteroatoms. The van der Waals surface area contributed by atoms with Crippen LogP contribution < -0.4 is 10.5 Å². The number of benzene rings is 1. The number of ether oxygens (including phenoxy) is 1. The van der Waals surface area contributed by atoms with E-state index in [9.17, 15) is 13.2 Å². The zero-order chi connectivity index (χ0) is 14.3. The van der Waals surface area contributed by atoms with E-state index < -0.39 is 16.0 Å². The molecule has 0 aromatic heterocycles. The number of carbonyl (C=O) groups is 1. The molecule has 1 rings (SSSR count). The quantitative estimate of drug-likeness (QED) is 0.566. The highest BCUT2D eigenvalue weighted by Crippen LogP contribution is 2.06. The van der Waals surface area contributed by atoms with Crippen molar-refractivity contribution in [2.45, 2.75) is 19.9 Å². The van der Waals surface area contributed by atoms with E-state index in [2.05, 4.69) is 9.46 Å². The minimum atomic E-state index is -3.50. The first kappa shape index (κ1) is 15.5. The van der Waals surface area contributed by atoms with E-state index >= 15 is 0 Å². The second-order valence-corrected chi connectivity index (χ2v) is 5.87. The standard InChI is InChI=1S/C12H18N2O4S/c1-2-18-12(15)6-7-19(16,17)14-9-10-4-3-5-11(13)8-10/h3-5,8,14H,2,6-7,9,13H2,1H3. The van der Waals surface area contributed by atoms with Crippen LogP contribution in [0.25, 0.3) is 0 Å². The van der Waals surface area contributed by atoms with Gasteiger partial charge in [-0.3, -0.25) is 4.79 Å². The van der Waals surface area contributed by atoms with Crippen molar-refractivity contribution in [3.05, 3.63) is 29.8 Å². The fourth-order valence-corrected chi connectivity index (χ4v) is 2.39. The fraction of sp³-hybridized carbons (Fsp3) is 0.417. The topological polar surface area (TPSA) is 98.5 Å². The molecule has 1 aromatic carbocycles. The Balaban J connectivity index is 2.45. The van der Waals surface area contributed by atoms with Crippen LogP contribution in [0.4, 0.5) is 5.69 Å². The lowest BCUT2D eigenvalue weighted by Gasteiger charge is -2.07. The average molecular weight is 286 g/mol. The number of hydrogen-bond donors (Lipinski definition) is 2. The molecule has 0 spiro atoms. The molecule has 6 nitrogen and oxygen atoms in total. The molecule has 0 bridgehead atoms. The van der Waals surface area contributed by atoms with Gasteiger partial charge in [0.05, 0.1) is 18.8 Å². The predicted octanol–water partition coefficient (Wildman–Crippen LogP) is 0.641. The highest BCUT2D eigenvalue weighted by atomic mass is 32.2. The van der Waals surface area contributed by atoms with Gasteiger partial charge in [0, 0.05) is 12.2 Å². The summed E-state index contributed by atoms with van der Waals surface area (Å²) in [5.74, 6) is -0.800. The highest BCUT2D eigenvalue weighted by Gasteiger charge is 2.13. The number of esters is 1. The van der Waals surface area contributed by atoms with Gasteiger partial charge in [0.15, 0.2) is 0 Å². The fourth-order valence-electron chi connectivity index (χ4n) is 1.42. The van der Waals surface area contributed by atoms with E-state index in [0.717, 1.165) is 5.56 Å². The van der Waals surface area contributed by atoms with Gasteiger partial charge in [-0.2, -0.15) is 0 Å². The van der Waals surface area contributed by atoms with Gasteiger partial charge in [-0.05, 0) is 24.6 Å². The van der Waals surface area contributed by atoms with Crippen molar-refractivity contribution in [2.75, 3.05) is 18.1 Å². The summed E-state index contributed by atoms with van der Waals surface area (Å²) in [6, 6.07) is 6.93. The molecule has 0 atom stereocenters. The van der Waals surface area contributed by atoms with E-state index in [4.69, 9.17) is 5.73 Å². The lowest BCUT2D eigenvalue weighted by Crippen LogP contribution is -2.27. The van der Waals surface area contributed by atoms with Crippen LogP contribution in [0, 0.1) is 0 Å². The van der Waals surface area contributed by atoms with Gasteiger partial charge in [-0.25, -0.2) is 13.1 Å². The molecule has 0 saturated carbocycles. The van der Waals surface area contributed by atoms with Crippen molar-refractivity contribution in [1.82, 2.24) is 4.72 Å². The molecule has 3 N–H and O–H groups in total. The molecule has 1 aromatic rings. The number of nitrogen functional groups attached to an aromatic ring is 1. The number of hydrogen-bond acceptors (Lipinski definition) is 5. The lowest BCUT2D eigenvalue weighted by atomic mass is 10.2. The number of sulfonamides is 1. The summed E-state index contributed by atoms with van der Waals surface area (Å²) in [7, 11) is -3.50. The molecular weight excluding hydrogens is 268 g/mol. The largest absolute Gasteiger partial charge is 0.466 e. The Morgan fingerprint density at radius 1 is 1.42 bits per heavy atom.